The van der Waals surface area contributed by atoms with E-state index in [1.807, 2.05) is 9.80 Å². The Morgan fingerprint density at radius 1 is 1.15 bits per heavy atom. The van der Waals surface area contributed by atoms with Gasteiger partial charge in [-0.3, -0.25) is 4.79 Å². The van der Waals surface area contributed by atoms with E-state index in [4.69, 9.17) is 4.74 Å². The number of carbonyl (C=O) groups excluding carboxylic acids is 1. The standard InChI is InChI=1S/C19H24F3N3O2/c20-19(21,22)14-2-3-16(23-12-14)24-8-1-6-18(13-24)7-9-25(17(18)26)15-4-10-27-11-5-15/h2-3,12,15H,1,4-11,13H2. The number of pyridine rings is 1. The third-order valence-corrected chi connectivity index (χ3v) is 6.15. The topological polar surface area (TPSA) is 45.7 Å². The van der Waals surface area contributed by atoms with Crippen molar-refractivity contribution >= 4 is 11.7 Å². The smallest absolute Gasteiger partial charge is 0.381 e. The lowest BCUT2D eigenvalue weighted by Crippen LogP contribution is -2.50. The highest BCUT2D eigenvalue weighted by Gasteiger charge is 2.50. The van der Waals surface area contributed by atoms with Crippen LogP contribution in [0.2, 0.25) is 0 Å². The normalized spacial score (nSPS) is 27.6. The van der Waals surface area contributed by atoms with Crippen molar-refractivity contribution in [2.75, 3.05) is 37.7 Å². The lowest BCUT2D eigenvalue weighted by atomic mass is 9.78. The van der Waals surface area contributed by atoms with Crippen molar-refractivity contribution in [2.24, 2.45) is 5.41 Å². The molecule has 0 aliphatic carbocycles. The van der Waals surface area contributed by atoms with E-state index < -0.39 is 17.2 Å². The van der Waals surface area contributed by atoms with Gasteiger partial charge in [0, 0.05) is 45.1 Å². The quantitative estimate of drug-likeness (QED) is 0.787. The van der Waals surface area contributed by atoms with Gasteiger partial charge in [-0.25, -0.2) is 4.98 Å². The molecule has 0 saturated carbocycles. The first-order chi connectivity index (χ1) is 12.9. The van der Waals surface area contributed by atoms with Crippen molar-refractivity contribution < 1.29 is 22.7 Å². The highest BCUT2D eigenvalue weighted by atomic mass is 19.4. The van der Waals surface area contributed by atoms with Crippen LogP contribution in [0.5, 0.6) is 0 Å². The van der Waals surface area contributed by atoms with Crippen molar-refractivity contribution in [2.45, 2.75) is 44.3 Å². The third kappa shape index (κ3) is 3.51. The Balaban J connectivity index is 1.48. The zero-order valence-electron chi connectivity index (χ0n) is 15.2. The van der Waals surface area contributed by atoms with Crippen LogP contribution in [-0.2, 0) is 15.7 Å². The predicted molar refractivity (Wildman–Crippen MR) is 93.3 cm³/mol. The van der Waals surface area contributed by atoms with E-state index in [0.717, 1.165) is 50.9 Å². The maximum Gasteiger partial charge on any atom is 0.417 e. The molecule has 3 fully saturated rings. The third-order valence-electron chi connectivity index (χ3n) is 6.15. The molecule has 27 heavy (non-hydrogen) atoms. The van der Waals surface area contributed by atoms with Crippen molar-refractivity contribution in [3.05, 3.63) is 23.9 Å². The summed E-state index contributed by atoms with van der Waals surface area (Å²) < 4.78 is 43.7. The summed E-state index contributed by atoms with van der Waals surface area (Å²) in [4.78, 5) is 21.2. The Hall–Kier alpha value is -1.83. The zero-order chi connectivity index (χ0) is 19.1. The Kier molecular flexibility index (Phi) is 4.78. The lowest BCUT2D eigenvalue weighted by Gasteiger charge is -2.40. The molecule has 1 amide bonds. The van der Waals surface area contributed by atoms with Crippen LogP contribution in [0.1, 0.15) is 37.7 Å². The van der Waals surface area contributed by atoms with E-state index in [1.165, 1.54) is 6.07 Å². The monoisotopic (exact) mass is 383 g/mol. The largest absolute Gasteiger partial charge is 0.417 e. The number of aromatic nitrogens is 1. The molecule has 1 atom stereocenters. The summed E-state index contributed by atoms with van der Waals surface area (Å²) in [7, 11) is 0. The van der Waals surface area contributed by atoms with Gasteiger partial charge in [0.05, 0.1) is 11.0 Å². The fourth-order valence-corrected chi connectivity index (χ4v) is 4.64. The molecule has 1 aromatic rings. The number of carbonyl (C=O) groups is 1. The van der Waals surface area contributed by atoms with Crippen LogP contribution in [0.25, 0.3) is 0 Å². The second-order valence-corrected chi connectivity index (χ2v) is 7.80. The van der Waals surface area contributed by atoms with Crippen LogP contribution < -0.4 is 4.90 Å². The van der Waals surface area contributed by atoms with Gasteiger partial charge in [0.1, 0.15) is 5.82 Å². The SMILES string of the molecule is O=C1N(C2CCOCC2)CCC12CCCN(c1ccc(C(F)(F)F)cn1)C2. The molecule has 1 spiro atoms. The fraction of sp³-hybridized carbons (Fsp3) is 0.684. The Bertz CT molecular complexity index is 688. The minimum atomic E-state index is -4.39. The minimum absolute atomic E-state index is 0.200. The molecule has 4 heterocycles. The fourth-order valence-electron chi connectivity index (χ4n) is 4.64. The van der Waals surface area contributed by atoms with Gasteiger partial charge in [-0.05, 0) is 44.2 Å². The number of likely N-dealkylation sites (tertiary alicyclic amines) is 1. The average molecular weight is 383 g/mol. The van der Waals surface area contributed by atoms with E-state index >= 15 is 0 Å². The van der Waals surface area contributed by atoms with Gasteiger partial charge in [0.25, 0.3) is 0 Å². The predicted octanol–water partition coefficient (Wildman–Crippen LogP) is 3.10. The highest BCUT2D eigenvalue weighted by Crippen LogP contribution is 2.42. The van der Waals surface area contributed by atoms with Gasteiger partial charge in [0.15, 0.2) is 0 Å². The molecule has 0 radical (unpaired) electrons. The van der Waals surface area contributed by atoms with Crippen LogP contribution in [0, 0.1) is 5.41 Å². The maximum absolute atomic E-state index is 13.2. The van der Waals surface area contributed by atoms with Crippen LogP contribution in [0.3, 0.4) is 0 Å². The molecular formula is C19H24F3N3O2. The molecule has 1 unspecified atom stereocenters. The molecule has 3 aliphatic rings. The summed E-state index contributed by atoms with van der Waals surface area (Å²) in [6, 6.07) is 2.73. The Morgan fingerprint density at radius 2 is 1.93 bits per heavy atom. The molecule has 4 rings (SSSR count). The van der Waals surface area contributed by atoms with Gasteiger partial charge in [0.2, 0.25) is 5.91 Å². The molecule has 8 heteroatoms. The number of halogens is 3. The molecule has 1 aromatic heterocycles. The number of piperidine rings is 1. The summed E-state index contributed by atoms with van der Waals surface area (Å²) in [6.45, 7) is 3.40. The second-order valence-electron chi connectivity index (χ2n) is 7.80. The molecule has 3 saturated heterocycles. The number of hydrogen-bond acceptors (Lipinski definition) is 4. The number of nitrogens with zero attached hydrogens (tertiary/aromatic N) is 3. The molecule has 148 valence electrons. The highest BCUT2D eigenvalue weighted by molar-refractivity contribution is 5.86. The molecular weight excluding hydrogens is 359 g/mol. The van der Waals surface area contributed by atoms with E-state index in [2.05, 4.69) is 4.98 Å². The summed E-state index contributed by atoms with van der Waals surface area (Å²) in [5.74, 6) is 0.713. The van der Waals surface area contributed by atoms with Crippen molar-refractivity contribution in [3.8, 4) is 0 Å². The zero-order valence-corrected chi connectivity index (χ0v) is 15.2. The van der Waals surface area contributed by atoms with E-state index in [1.54, 1.807) is 0 Å². The van der Waals surface area contributed by atoms with Crippen molar-refractivity contribution in [1.82, 2.24) is 9.88 Å². The van der Waals surface area contributed by atoms with Crippen LogP contribution in [-0.4, -0.2) is 54.7 Å². The van der Waals surface area contributed by atoms with Crippen LogP contribution in [0.4, 0.5) is 19.0 Å². The summed E-state index contributed by atoms with van der Waals surface area (Å²) in [5.41, 5.74) is -1.18. The summed E-state index contributed by atoms with van der Waals surface area (Å²) >= 11 is 0. The van der Waals surface area contributed by atoms with Crippen LogP contribution >= 0.6 is 0 Å². The molecule has 0 bridgehead atoms. The van der Waals surface area contributed by atoms with Gasteiger partial charge in [-0.1, -0.05) is 0 Å². The number of hydrogen-bond donors (Lipinski definition) is 0. The van der Waals surface area contributed by atoms with Gasteiger partial charge >= 0.3 is 6.18 Å². The summed E-state index contributed by atoms with van der Waals surface area (Å²) in [5, 5.41) is 0. The van der Waals surface area contributed by atoms with Crippen LogP contribution in [0.15, 0.2) is 18.3 Å². The van der Waals surface area contributed by atoms with Gasteiger partial charge < -0.3 is 14.5 Å². The van der Waals surface area contributed by atoms with Crippen molar-refractivity contribution in [1.29, 1.82) is 0 Å². The number of amides is 1. The first-order valence-electron chi connectivity index (χ1n) is 9.56. The second kappa shape index (κ2) is 6.96. The number of rotatable bonds is 2. The Labute approximate surface area is 156 Å². The van der Waals surface area contributed by atoms with Gasteiger partial charge in [-0.2, -0.15) is 13.2 Å². The van der Waals surface area contributed by atoms with Crippen molar-refractivity contribution in [3.63, 3.8) is 0 Å². The molecule has 5 nitrogen and oxygen atoms in total. The molecule has 0 N–H and O–H groups in total. The maximum atomic E-state index is 13.2. The minimum Gasteiger partial charge on any atom is -0.381 e. The van der Waals surface area contributed by atoms with E-state index in [-0.39, 0.29) is 11.9 Å². The number of ether oxygens (including phenoxy) is 1. The molecule has 0 aromatic carbocycles. The summed E-state index contributed by atoms with van der Waals surface area (Å²) in [6.07, 6.45) is 0.735. The molecule has 3 aliphatic heterocycles. The first-order valence-corrected chi connectivity index (χ1v) is 9.56. The first kappa shape index (κ1) is 18.5. The number of alkyl halides is 3. The van der Waals surface area contributed by atoms with E-state index in [9.17, 15) is 18.0 Å². The van der Waals surface area contributed by atoms with E-state index in [0.29, 0.717) is 32.1 Å². The average Bonchev–Trinajstić information content (AvgIpc) is 2.98. The Morgan fingerprint density at radius 3 is 2.59 bits per heavy atom. The van der Waals surface area contributed by atoms with Gasteiger partial charge in [-0.15, -0.1) is 0 Å². The number of anilines is 1. The lowest BCUT2D eigenvalue weighted by molar-refractivity contribution is -0.140.